The van der Waals surface area contributed by atoms with Crippen molar-refractivity contribution in [3.63, 3.8) is 0 Å². The summed E-state index contributed by atoms with van der Waals surface area (Å²) < 4.78 is 34.4. The molecule has 0 aliphatic heterocycles. The summed E-state index contributed by atoms with van der Waals surface area (Å²) in [4.78, 5) is 0. The number of hydrogen-bond donors (Lipinski definition) is 0. The predicted octanol–water partition coefficient (Wildman–Crippen LogP) is 3.20. The second kappa shape index (κ2) is 4.23. The number of rotatable bonds is 2. The van der Waals surface area contributed by atoms with E-state index in [2.05, 4.69) is 0 Å². The fraction of sp³-hybridized carbons (Fsp3) is 0.143. The van der Waals surface area contributed by atoms with Crippen molar-refractivity contribution >= 4 is 42.9 Å². The molecule has 0 saturated carbocycles. The van der Waals surface area contributed by atoms with E-state index in [-0.39, 0.29) is 15.6 Å². The molecule has 1 aromatic carbocycles. The highest BCUT2D eigenvalue weighted by atomic mass is 35.7. The van der Waals surface area contributed by atoms with E-state index in [0.717, 1.165) is 6.07 Å². The number of halogens is 4. The molecule has 0 atom stereocenters. The molecule has 0 aliphatic carbocycles. The third-order valence-corrected chi connectivity index (χ3v) is 3.02. The summed E-state index contributed by atoms with van der Waals surface area (Å²) >= 11 is 11.0. The first kappa shape index (κ1) is 12.0. The Morgan fingerprint density at radius 1 is 1.29 bits per heavy atom. The molecule has 1 rings (SSSR count). The van der Waals surface area contributed by atoms with Gasteiger partial charge in [0.15, 0.2) is 0 Å². The van der Waals surface area contributed by atoms with E-state index in [9.17, 15) is 12.8 Å². The smallest absolute Gasteiger partial charge is 0.212 e. The van der Waals surface area contributed by atoms with Crippen molar-refractivity contribution in [3.8, 4) is 0 Å². The molecule has 0 bridgehead atoms. The van der Waals surface area contributed by atoms with E-state index >= 15 is 0 Å². The van der Waals surface area contributed by atoms with Gasteiger partial charge in [-0.05, 0) is 17.7 Å². The van der Waals surface area contributed by atoms with Gasteiger partial charge in [0.05, 0.1) is 10.8 Å². The van der Waals surface area contributed by atoms with E-state index in [1.54, 1.807) is 0 Å². The number of benzene rings is 1. The zero-order valence-electron chi connectivity index (χ0n) is 6.60. The lowest BCUT2D eigenvalue weighted by atomic mass is 10.2. The zero-order valence-corrected chi connectivity index (χ0v) is 9.68. The zero-order chi connectivity index (χ0) is 10.9. The van der Waals surface area contributed by atoms with Gasteiger partial charge in [-0.1, -0.05) is 23.2 Å². The third-order valence-electron chi connectivity index (χ3n) is 1.40. The average molecular weight is 278 g/mol. The van der Waals surface area contributed by atoms with E-state index < -0.39 is 20.6 Å². The topological polar surface area (TPSA) is 34.1 Å². The van der Waals surface area contributed by atoms with Gasteiger partial charge >= 0.3 is 0 Å². The van der Waals surface area contributed by atoms with Gasteiger partial charge in [0.2, 0.25) is 9.05 Å². The lowest BCUT2D eigenvalue weighted by Crippen LogP contribution is -1.97. The Morgan fingerprint density at radius 2 is 1.86 bits per heavy atom. The summed E-state index contributed by atoms with van der Waals surface area (Å²) in [5.74, 6) is -1.32. The van der Waals surface area contributed by atoms with Crippen LogP contribution >= 0.6 is 33.9 Å². The molecular weight excluding hydrogens is 273 g/mol. The molecule has 1 aromatic rings. The molecule has 0 spiro atoms. The summed E-state index contributed by atoms with van der Waals surface area (Å²) in [5.41, 5.74) is 0.0478. The van der Waals surface area contributed by atoms with Gasteiger partial charge in [0.25, 0.3) is 0 Å². The molecule has 0 fully saturated rings. The van der Waals surface area contributed by atoms with Gasteiger partial charge in [-0.25, -0.2) is 12.8 Å². The van der Waals surface area contributed by atoms with Crippen LogP contribution in [0, 0.1) is 5.82 Å². The largest absolute Gasteiger partial charge is 0.236 e. The molecule has 0 aliphatic rings. The van der Waals surface area contributed by atoms with Crippen molar-refractivity contribution in [1.82, 2.24) is 0 Å². The Bertz CT molecular complexity index is 458. The molecule has 0 unspecified atom stereocenters. The van der Waals surface area contributed by atoms with Crippen molar-refractivity contribution in [1.29, 1.82) is 0 Å². The summed E-state index contributed by atoms with van der Waals surface area (Å²) in [6, 6.07) is 2.25. The minimum atomic E-state index is -3.77. The summed E-state index contributed by atoms with van der Waals surface area (Å²) in [6.45, 7) is 0. The lowest BCUT2D eigenvalue weighted by molar-refractivity contribution is 0.608. The SMILES string of the molecule is O=S(=O)(Cl)Cc1cc(Cl)cc(F)c1Cl. The lowest BCUT2D eigenvalue weighted by Gasteiger charge is -2.03. The van der Waals surface area contributed by atoms with E-state index in [0.29, 0.717) is 0 Å². The van der Waals surface area contributed by atoms with Crippen LogP contribution in [0.3, 0.4) is 0 Å². The molecule has 0 heterocycles. The van der Waals surface area contributed by atoms with Gasteiger partial charge in [0, 0.05) is 15.7 Å². The van der Waals surface area contributed by atoms with Crippen LogP contribution in [-0.4, -0.2) is 8.42 Å². The monoisotopic (exact) mass is 276 g/mol. The van der Waals surface area contributed by atoms with Crippen molar-refractivity contribution in [2.75, 3.05) is 0 Å². The second-order valence-corrected chi connectivity index (χ2v) is 6.14. The Hall–Kier alpha value is -0.0300. The highest BCUT2D eigenvalue weighted by molar-refractivity contribution is 8.13. The molecule has 0 saturated heterocycles. The minimum absolute atomic E-state index is 0.0478. The second-order valence-electron chi connectivity index (χ2n) is 2.54. The van der Waals surface area contributed by atoms with Crippen LogP contribution in [0.15, 0.2) is 12.1 Å². The maximum atomic E-state index is 13.0. The van der Waals surface area contributed by atoms with Crippen molar-refractivity contribution in [2.24, 2.45) is 0 Å². The first-order valence-corrected chi connectivity index (χ1v) is 6.59. The van der Waals surface area contributed by atoms with Crippen LogP contribution in [0.5, 0.6) is 0 Å². The quantitative estimate of drug-likeness (QED) is 0.614. The van der Waals surface area contributed by atoms with Crippen molar-refractivity contribution in [3.05, 3.63) is 33.6 Å². The van der Waals surface area contributed by atoms with E-state index in [1.807, 2.05) is 0 Å². The van der Waals surface area contributed by atoms with Crippen LogP contribution in [0.1, 0.15) is 5.56 Å². The molecule has 2 nitrogen and oxygen atoms in total. The molecule has 0 radical (unpaired) electrons. The fourth-order valence-electron chi connectivity index (χ4n) is 0.900. The van der Waals surface area contributed by atoms with Gasteiger partial charge in [-0.2, -0.15) is 0 Å². The van der Waals surface area contributed by atoms with E-state index in [4.69, 9.17) is 33.9 Å². The summed E-state index contributed by atoms with van der Waals surface area (Å²) in [7, 11) is 1.22. The van der Waals surface area contributed by atoms with Crippen molar-refractivity contribution in [2.45, 2.75) is 5.75 Å². The van der Waals surface area contributed by atoms with Crippen LogP contribution < -0.4 is 0 Å². The average Bonchev–Trinajstić information content (AvgIpc) is 1.96. The molecule has 7 heteroatoms. The Labute approximate surface area is 95.0 Å². The van der Waals surface area contributed by atoms with Crippen LogP contribution in [0.4, 0.5) is 4.39 Å². The maximum Gasteiger partial charge on any atom is 0.236 e. The highest BCUT2D eigenvalue weighted by Gasteiger charge is 2.14. The van der Waals surface area contributed by atoms with Crippen LogP contribution in [0.2, 0.25) is 10.0 Å². The number of hydrogen-bond acceptors (Lipinski definition) is 2. The van der Waals surface area contributed by atoms with Crippen molar-refractivity contribution < 1.29 is 12.8 Å². The first-order valence-electron chi connectivity index (χ1n) is 3.35. The molecule has 78 valence electrons. The van der Waals surface area contributed by atoms with Crippen LogP contribution in [0.25, 0.3) is 0 Å². The highest BCUT2D eigenvalue weighted by Crippen LogP contribution is 2.26. The van der Waals surface area contributed by atoms with Gasteiger partial charge in [0.1, 0.15) is 5.82 Å². The summed E-state index contributed by atoms with van der Waals surface area (Å²) in [6.07, 6.45) is 0. The Morgan fingerprint density at radius 3 is 2.36 bits per heavy atom. The molecular formula is C7H4Cl3FO2S. The van der Waals surface area contributed by atoms with Gasteiger partial charge in [-0.15, -0.1) is 0 Å². The molecule has 14 heavy (non-hydrogen) atoms. The third kappa shape index (κ3) is 3.28. The molecule has 0 N–H and O–H groups in total. The van der Waals surface area contributed by atoms with E-state index in [1.165, 1.54) is 6.07 Å². The standard InChI is InChI=1S/C7H4Cl3FO2S/c8-5-1-4(3-14(10,12)13)7(9)6(11)2-5/h1-2H,3H2. The van der Waals surface area contributed by atoms with Crippen LogP contribution in [-0.2, 0) is 14.8 Å². The first-order chi connectivity index (χ1) is 6.29. The fourth-order valence-corrected chi connectivity index (χ4v) is 2.33. The summed E-state index contributed by atoms with van der Waals surface area (Å²) in [5, 5.41) is -0.208. The molecule has 0 aromatic heterocycles. The minimum Gasteiger partial charge on any atom is -0.212 e. The van der Waals surface area contributed by atoms with Gasteiger partial charge in [-0.3, -0.25) is 0 Å². The normalized spacial score (nSPS) is 11.7. The van der Waals surface area contributed by atoms with Gasteiger partial charge < -0.3 is 0 Å². The Kier molecular flexibility index (Phi) is 3.63. The maximum absolute atomic E-state index is 13.0. The Balaban J connectivity index is 3.22. The predicted molar refractivity (Wildman–Crippen MR) is 54.9 cm³/mol. The molecule has 0 amide bonds.